The normalized spacial score (nSPS) is 11.2. The summed E-state index contributed by atoms with van der Waals surface area (Å²) in [6.07, 6.45) is -1.14. The highest BCUT2D eigenvalue weighted by Gasteiger charge is 2.19. The Morgan fingerprint density at radius 2 is 1.95 bits per heavy atom. The predicted octanol–water partition coefficient (Wildman–Crippen LogP) is 5.50. The van der Waals surface area contributed by atoms with Gasteiger partial charge in [-0.3, -0.25) is 4.98 Å². The van der Waals surface area contributed by atoms with Crippen molar-refractivity contribution in [2.45, 2.75) is 13.0 Å². The van der Waals surface area contributed by atoms with Crippen LogP contribution in [0, 0.1) is 5.82 Å². The molecule has 4 N–H and O–H groups in total. The number of benzene rings is 2. The van der Waals surface area contributed by atoms with Crippen LogP contribution in [0.25, 0.3) is 33.5 Å². The van der Waals surface area contributed by atoms with Crippen molar-refractivity contribution >= 4 is 22.6 Å². The lowest BCUT2D eigenvalue weighted by Gasteiger charge is -2.08. The van der Waals surface area contributed by atoms with Crippen LogP contribution in [0.2, 0.25) is 0 Å². The van der Waals surface area contributed by atoms with Gasteiger partial charge in [0.1, 0.15) is 35.4 Å². The van der Waals surface area contributed by atoms with E-state index in [0.717, 1.165) is 17.0 Å². The first-order valence-corrected chi connectivity index (χ1v) is 12.6. The summed E-state index contributed by atoms with van der Waals surface area (Å²) < 4.78 is 51.2. The van der Waals surface area contributed by atoms with Crippen LogP contribution in [0.5, 0.6) is 5.75 Å². The number of halogens is 3. The summed E-state index contributed by atoms with van der Waals surface area (Å²) in [6, 6.07) is 15.7. The number of carbonyl (C=O) groups excluding carboxylic acids is 1. The Bertz CT molecular complexity index is 1710. The average Bonchev–Trinajstić information content (AvgIpc) is 3.43. The number of carbonyl (C=O) groups is 1. The topological polar surface area (TPSA) is 128 Å². The molecule has 0 unspecified atom stereocenters. The lowest BCUT2D eigenvalue weighted by atomic mass is 10.1. The minimum absolute atomic E-state index is 0.139. The number of rotatable bonds is 10. The molecule has 0 fully saturated rings. The number of ether oxygens (including phenoxy) is 2. The fraction of sp³-hybridized carbons (Fsp3) is 0.172. The van der Waals surface area contributed by atoms with Gasteiger partial charge in [0, 0.05) is 23.2 Å². The molecule has 2 aromatic carbocycles. The number of aromatic amines is 1. The summed E-state index contributed by atoms with van der Waals surface area (Å²) in [5.41, 5.74) is 8.00. The summed E-state index contributed by atoms with van der Waals surface area (Å²) in [7, 11) is 1.17. The molecule has 41 heavy (non-hydrogen) atoms. The number of methoxy groups -OCH3 is 1. The van der Waals surface area contributed by atoms with Crippen molar-refractivity contribution in [3.05, 3.63) is 89.8 Å². The number of imidazole rings is 1. The number of esters is 1. The highest BCUT2D eigenvalue weighted by Crippen LogP contribution is 2.33. The van der Waals surface area contributed by atoms with E-state index in [-0.39, 0.29) is 23.5 Å². The molecule has 0 saturated carbocycles. The molecule has 0 radical (unpaired) electrons. The first-order chi connectivity index (χ1) is 19.9. The van der Waals surface area contributed by atoms with Crippen LogP contribution >= 0.6 is 0 Å². The number of hydrogen-bond donors (Lipinski definition) is 3. The Kier molecular flexibility index (Phi) is 8.11. The fourth-order valence-electron chi connectivity index (χ4n) is 4.22. The number of anilines is 1. The highest BCUT2D eigenvalue weighted by atomic mass is 19.3. The Balaban J connectivity index is 1.53. The number of hydrogen-bond acceptors (Lipinski definition) is 8. The van der Waals surface area contributed by atoms with E-state index >= 15 is 0 Å². The number of aromatic nitrogens is 4. The smallest absolute Gasteiger partial charge is 0.340 e. The van der Waals surface area contributed by atoms with Gasteiger partial charge in [-0.05, 0) is 48.5 Å². The van der Waals surface area contributed by atoms with E-state index in [4.69, 9.17) is 10.5 Å². The Labute approximate surface area is 232 Å². The third-order valence-electron chi connectivity index (χ3n) is 6.15. The fourth-order valence-corrected chi connectivity index (χ4v) is 4.22. The molecule has 9 nitrogen and oxygen atoms in total. The van der Waals surface area contributed by atoms with Gasteiger partial charge in [-0.2, -0.15) is 0 Å². The van der Waals surface area contributed by atoms with Crippen LogP contribution in [0.15, 0.2) is 66.9 Å². The van der Waals surface area contributed by atoms with Gasteiger partial charge < -0.3 is 25.5 Å². The van der Waals surface area contributed by atoms with Crippen molar-refractivity contribution in [3.63, 3.8) is 0 Å². The highest BCUT2D eigenvalue weighted by molar-refractivity contribution is 5.91. The molecular weight excluding hydrogens is 537 g/mol. The molecule has 5 rings (SSSR count). The maximum Gasteiger partial charge on any atom is 0.340 e. The van der Waals surface area contributed by atoms with Gasteiger partial charge in [-0.25, -0.2) is 27.9 Å². The SMILES string of the molecule is COC(=O)c1cc(NCc2nc(-c3cccc(C(F)F)n3)c(-c3ccc4ncc(OCCN)cc4c3)[nH]2)ccc1F. The molecule has 0 amide bonds. The van der Waals surface area contributed by atoms with E-state index in [1.807, 2.05) is 24.3 Å². The zero-order valence-corrected chi connectivity index (χ0v) is 21.8. The monoisotopic (exact) mass is 562 g/mol. The van der Waals surface area contributed by atoms with Crippen LogP contribution in [-0.4, -0.2) is 46.2 Å². The van der Waals surface area contributed by atoms with Crippen LogP contribution in [0.4, 0.5) is 18.9 Å². The first kappa shape index (κ1) is 27.6. The molecule has 0 aliphatic heterocycles. The summed E-state index contributed by atoms with van der Waals surface area (Å²) in [4.78, 5) is 28.3. The zero-order valence-electron chi connectivity index (χ0n) is 21.8. The van der Waals surface area contributed by atoms with Crippen molar-refractivity contribution < 1.29 is 27.4 Å². The summed E-state index contributed by atoms with van der Waals surface area (Å²) in [5.74, 6) is -0.508. The van der Waals surface area contributed by atoms with E-state index in [2.05, 4.69) is 30.0 Å². The van der Waals surface area contributed by atoms with Gasteiger partial charge in [0.05, 0.1) is 42.3 Å². The van der Waals surface area contributed by atoms with Crippen molar-refractivity contribution in [2.75, 3.05) is 25.6 Å². The molecule has 0 bridgehead atoms. The lowest BCUT2D eigenvalue weighted by molar-refractivity contribution is 0.0595. The number of fused-ring (bicyclic) bond motifs is 1. The molecule has 210 valence electrons. The number of H-pyrrole nitrogens is 1. The average molecular weight is 563 g/mol. The predicted molar refractivity (Wildman–Crippen MR) is 147 cm³/mol. The van der Waals surface area contributed by atoms with Gasteiger partial charge in [0.25, 0.3) is 6.43 Å². The minimum Gasteiger partial charge on any atom is -0.491 e. The van der Waals surface area contributed by atoms with Crippen LogP contribution in [0.3, 0.4) is 0 Å². The second-order valence-electron chi connectivity index (χ2n) is 8.91. The standard InChI is InChI=1S/C29H25F3N6O3/c1-40-29(39)20-13-18(6-7-21(20)30)34-15-25-37-26(27(38-25)23-3-2-4-24(36-23)28(31)32)16-5-8-22-17(11-16)12-19(14-35-22)41-10-9-33/h2-8,11-14,28,34H,9-10,15,33H2,1H3,(H,37,38). The Morgan fingerprint density at radius 3 is 2.73 bits per heavy atom. The molecule has 3 aromatic heterocycles. The Hall–Kier alpha value is -4.97. The molecule has 0 aliphatic carbocycles. The van der Waals surface area contributed by atoms with E-state index in [9.17, 15) is 18.0 Å². The van der Waals surface area contributed by atoms with E-state index in [1.165, 1.54) is 31.4 Å². The largest absolute Gasteiger partial charge is 0.491 e. The third-order valence-corrected chi connectivity index (χ3v) is 6.15. The van der Waals surface area contributed by atoms with Crippen molar-refractivity contribution in [3.8, 4) is 28.4 Å². The number of nitrogens with zero attached hydrogens (tertiary/aromatic N) is 3. The van der Waals surface area contributed by atoms with Gasteiger partial charge in [-0.15, -0.1) is 0 Å². The van der Waals surface area contributed by atoms with Crippen molar-refractivity contribution in [1.29, 1.82) is 0 Å². The molecular formula is C29H25F3N6O3. The maximum absolute atomic E-state index is 14.1. The maximum atomic E-state index is 14.1. The van der Waals surface area contributed by atoms with Crippen LogP contribution < -0.4 is 15.8 Å². The van der Waals surface area contributed by atoms with Gasteiger partial charge in [-0.1, -0.05) is 12.1 Å². The summed E-state index contributed by atoms with van der Waals surface area (Å²) in [6.45, 7) is 0.842. The first-order valence-electron chi connectivity index (χ1n) is 12.6. The van der Waals surface area contributed by atoms with E-state index in [0.29, 0.717) is 47.4 Å². The molecule has 0 atom stereocenters. The second-order valence-corrected chi connectivity index (χ2v) is 8.91. The molecule has 12 heteroatoms. The molecule has 3 heterocycles. The molecule has 5 aromatic rings. The van der Waals surface area contributed by atoms with Gasteiger partial charge in [0.15, 0.2) is 0 Å². The van der Waals surface area contributed by atoms with Crippen molar-refractivity contribution in [2.24, 2.45) is 5.73 Å². The van der Waals surface area contributed by atoms with Crippen LogP contribution in [-0.2, 0) is 11.3 Å². The number of nitrogens with one attached hydrogen (secondary N) is 2. The Morgan fingerprint density at radius 1 is 1.10 bits per heavy atom. The minimum atomic E-state index is -2.75. The lowest BCUT2D eigenvalue weighted by Crippen LogP contribution is -2.10. The van der Waals surface area contributed by atoms with Gasteiger partial charge >= 0.3 is 5.97 Å². The second kappa shape index (κ2) is 12.0. The van der Waals surface area contributed by atoms with Gasteiger partial charge in [0.2, 0.25) is 0 Å². The third kappa shape index (κ3) is 6.12. The number of pyridine rings is 2. The molecule has 0 aliphatic rings. The number of nitrogens with two attached hydrogens (primary N) is 1. The number of alkyl halides is 2. The molecule has 0 spiro atoms. The summed E-state index contributed by atoms with van der Waals surface area (Å²) in [5, 5.41) is 3.88. The summed E-state index contributed by atoms with van der Waals surface area (Å²) >= 11 is 0. The van der Waals surface area contributed by atoms with Crippen LogP contribution in [0.1, 0.15) is 28.3 Å². The molecule has 0 saturated heterocycles. The van der Waals surface area contributed by atoms with E-state index in [1.54, 1.807) is 12.3 Å². The quantitative estimate of drug-likeness (QED) is 0.191. The van der Waals surface area contributed by atoms with Crippen molar-refractivity contribution in [1.82, 2.24) is 19.9 Å². The van der Waals surface area contributed by atoms with E-state index < -0.39 is 18.2 Å². The zero-order chi connectivity index (χ0) is 28.9.